The van der Waals surface area contributed by atoms with E-state index in [0.717, 1.165) is 28.2 Å². The van der Waals surface area contributed by atoms with Crippen LogP contribution in [0, 0.1) is 10.8 Å². The van der Waals surface area contributed by atoms with Gasteiger partial charge in [-0.25, -0.2) is 4.99 Å². The lowest BCUT2D eigenvalue weighted by atomic mass is 9.72. The van der Waals surface area contributed by atoms with Crippen molar-refractivity contribution in [3.8, 4) is 0 Å². The van der Waals surface area contributed by atoms with Crippen LogP contribution in [0.3, 0.4) is 0 Å². The van der Waals surface area contributed by atoms with Crippen LogP contribution in [-0.2, 0) is 4.79 Å². The molecule has 0 aliphatic heterocycles. The fraction of sp³-hybridized carbons (Fsp3) is 0.455. The molecule has 1 aliphatic carbocycles. The molecule has 0 amide bonds. The molecule has 134 valence electrons. The highest BCUT2D eigenvalue weighted by molar-refractivity contribution is 6.23. The number of anilines is 1. The zero-order valence-electron chi connectivity index (χ0n) is 16.8. The molecule has 0 N–H and O–H groups in total. The third kappa shape index (κ3) is 4.47. The van der Waals surface area contributed by atoms with Crippen molar-refractivity contribution in [3.63, 3.8) is 0 Å². The summed E-state index contributed by atoms with van der Waals surface area (Å²) in [5, 5.41) is 0. The molecule has 1 aromatic carbocycles. The van der Waals surface area contributed by atoms with Gasteiger partial charge < -0.3 is 4.90 Å². The van der Waals surface area contributed by atoms with Crippen molar-refractivity contribution in [1.29, 1.82) is 0 Å². The van der Waals surface area contributed by atoms with E-state index in [-0.39, 0.29) is 16.6 Å². The number of carbonyl (C=O) groups excluding carboxylic acids is 1. The fourth-order valence-electron chi connectivity index (χ4n) is 2.77. The highest BCUT2D eigenvalue weighted by Gasteiger charge is 2.34. The van der Waals surface area contributed by atoms with Crippen molar-refractivity contribution < 1.29 is 4.79 Å². The molecular weight excluding hydrogens is 308 g/mol. The smallest absolute Gasteiger partial charge is 0.186 e. The van der Waals surface area contributed by atoms with E-state index in [0.29, 0.717) is 0 Å². The van der Waals surface area contributed by atoms with E-state index < -0.39 is 0 Å². The van der Waals surface area contributed by atoms with Gasteiger partial charge in [0.15, 0.2) is 5.78 Å². The molecule has 0 radical (unpaired) electrons. The van der Waals surface area contributed by atoms with Crippen LogP contribution < -0.4 is 4.90 Å². The summed E-state index contributed by atoms with van der Waals surface area (Å²) in [5.74, 6) is 0.141. The minimum absolute atomic E-state index is 0.141. The van der Waals surface area contributed by atoms with Gasteiger partial charge in [0.25, 0.3) is 0 Å². The van der Waals surface area contributed by atoms with E-state index in [1.165, 1.54) is 0 Å². The van der Waals surface area contributed by atoms with Gasteiger partial charge in [-0.3, -0.25) is 4.79 Å². The van der Waals surface area contributed by atoms with Crippen molar-refractivity contribution in [2.45, 2.75) is 41.5 Å². The molecule has 3 nitrogen and oxygen atoms in total. The van der Waals surface area contributed by atoms with Crippen LogP contribution in [-0.4, -0.2) is 25.6 Å². The Morgan fingerprint density at radius 1 is 0.800 bits per heavy atom. The van der Waals surface area contributed by atoms with E-state index >= 15 is 0 Å². The Kier molecular flexibility index (Phi) is 5.08. The topological polar surface area (TPSA) is 32.7 Å². The number of carbonyl (C=O) groups is 1. The Bertz CT molecular complexity index is 713. The Morgan fingerprint density at radius 2 is 1.24 bits per heavy atom. The summed E-state index contributed by atoms with van der Waals surface area (Å²) in [6.45, 7) is 12.5. The summed E-state index contributed by atoms with van der Waals surface area (Å²) in [7, 11) is 4.04. The first-order valence-corrected chi connectivity index (χ1v) is 8.75. The van der Waals surface area contributed by atoms with Gasteiger partial charge in [-0.1, -0.05) is 41.5 Å². The summed E-state index contributed by atoms with van der Waals surface area (Å²) in [6, 6.07) is 8.12. The molecule has 3 heteroatoms. The molecule has 0 heterocycles. The molecule has 0 bridgehead atoms. The number of allylic oxidation sites excluding steroid dienone is 4. The summed E-state index contributed by atoms with van der Waals surface area (Å²) in [6.07, 6.45) is 3.88. The average Bonchev–Trinajstić information content (AvgIpc) is 2.47. The van der Waals surface area contributed by atoms with Gasteiger partial charge in [-0.2, -0.15) is 0 Å². The number of hydrogen-bond acceptors (Lipinski definition) is 3. The van der Waals surface area contributed by atoms with Gasteiger partial charge in [-0.15, -0.1) is 0 Å². The Hall–Kier alpha value is -2.16. The maximum atomic E-state index is 12.9. The van der Waals surface area contributed by atoms with Gasteiger partial charge in [0.05, 0.1) is 11.4 Å². The number of nitrogens with zero attached hydrogens (tertiary/aromatic N) is 2. The van der Waals surface area contributed by atoms with Gasteiger partial charge in [0, 0.05) is 30.9 Å². The van der Waals surface area contributed by atoms with E-state index in [1.54, 1.807) is 0 Å². The third-order valence-electron chi connectivity index (χ3n) is 4.31. The van der Waals surface area contributed by atoms with Crippen molar-refractivity contribution in [1.82, 2.24) is 0 Å². The standard InChI is InChI=1S/C22H30N2O/c1-21(2,3)18-13-16(14-19(20(18)25)22(4,5)6)23-15-9-11-17(12-10-15)24(7)8/h9-14H,1-8H3. The monoisotopic (exact) mass is 338 g/mol. The summed E-state index contributed by atoms with van der Waals surface area (Å²) in [5.41, 5.74) is 4.09. The maximum Gasteiger partial charge on any atom is 0.186 e. The largest absolute Gasteiger partial charge is 0.378 e. The molecule has 0 saturated carbocycles. The van der Waals surface area contributed by atoms with Crippen LogP contribution in [0.2, 0.25) is 0 Å². The van der Waals surface area contributed by atoms with Crippen LogP contribution in [0.25, 0.3) is 0 Å². The maximum absolute atomic E-state index is 12.9. The molecule has 0 saturated heterocycles. The number of ketones is 1. The molecule has 0 unspecified atom stereocenters. The SMILES string of the molecule is CN(C)c1ccc(N=C2C=C(C(C)(C)C)C(=O)C(C(C)(C)C)=C2)cc1. The van der Waals surface area contributed by atoms with Crippen molar-refractivity contribution >= 4 is 22.9 Å². The lowest BCUT2D eigenvalue weighted by Gasteiger charge is -2.31. The van der Waals surface area contributed by atoms with E-state index in [2.05, 4.69) is 58.6 Å². The summed E-state index contributed by atoms with van der Waals surface area (Å²) >= 11 is 0. The lowest BCUT2D eigenvalue weighted by Crippen LogP contribution is -2.29. The van der Waals surface area contributed by atoms with Gasteiger partial charge >= 0.3 is 0 Å². The fourth-order valence-corrected chi connectivity index (χ4v) is 2.77. The first-order chi connectivity index (χ1) is 11.4. The number of rotatable bonds is 2. The second-order valence-electron chi connectivity index (χ2n) is 8.89. The molecule has 25 heavy (non-hydrogen) atoms. The molecule has 2 rings (SSSR count). The predicted octanol–water partition coefficient (Wildman–Crippen LogP) is 5.35. The zero-order valence-corrected chi connectivity index (χ0v) is 16.8. The number of aliphatic imine (C=N–C) groups is 1. The van der Waals surface area contributed by atoms with E-state index in [1.807, 2.05) is 38.4 Å². The van der Waals surface area contributed by atoms with Crippen molar-refractivity contribution in [2.75, 3.05) is 19.0 Å². The van der Waals surface area contributed by atoms with Gasteiger partial charge in [-0.05, 0) is 47.2 Å². The summed E-state index contributed by atoms with van der Waals surface area (Å²) < 4.78 is 0. The highest BCUT2D eigenvalue weighted by Crippen LogP contribution is 2.37. The minimum Gasteiger partial charge on any atom is -0.378 e. The summed E-state index contributed by atoms with van der Waals surface area (Å²) in [4.78, 5) is 19.8. The first kappa shape index (κ1) is 19.2. The van der Waals surface area contributed by atoms with Crippen LogP contribution in [0.4, 0.5) is 11.4 Å². The van der Waals surface area contributed by atoms with Crippen molar-refractivity contribution in [2.24, 2.45) is 15.8 Å². The molecular formula is C22H30N2O. The molecule has 0 atom stereocenters. The Balaban J connectivity index is 2.51. The number of hydrogen-bond donors (Lipinski definition) is 0. The van der Waals surface area contributed by atoms with E-state index in [4.69, 9.17) is 4.99 Å². The molecule has 1 aromatic rings. The highest BCUT2D eigenvalue weighted by atomic mass is 16.1. The molecule has 0 aromatic heterocycles. The van der Waals surface area contributed by atoms with Crippen LogP contribution >= 0.6 is 0 Å². The average molecular weight is 338 g/mol. The lowest BCUT2D eigenvalue weighted by molar-refractivity contribution is -0.114. The van der Waals surface area contributed by atoms with Gasteiger partial charge in [0.1, 0.15) is 0 Å². The minimum atomic E-state index is -0.211. The molecule has 0 spiro atoms. The quantitative estimate of drug-likeness (QED) is 0.681. The second-order valence-corrected chi connectivity index (χ2v) is 8.89. The van der Waals surface area contributed by atoms with Crippen LogP contribution in [0.15, 0.2) is 52.6 Å². The van der Waals surface area contributed by atoms with E-state index in [9.17, 15) is 4.79 Å². The molecule has 1 aliphatic rings. The van der Waals surface area contributed by atoms with Crippen LogP contribution in [0.1, 0.15) is 41.5 Å². The third-order valence-corrected chi connectivity index (χ3v) is 4.31. The Morgan fingerprint density at radius 3 is 1.60 bits per heavy atom. The normalized spacial score (nSPS) is 15.7. The van der Waals surface area contributed by atoms with Crippen molar-refractivity contribution in [3.05, 3.63) is 47.6 Å². The molecule has 0 fully saturated rings. The number of benzene rings is 1. The predicted molar refractivity (Wildman–Crippen MR) is 108 cm³/mol. The van der Waals surface area contributed by atoms with Crippen LogP contribution in [0.5, 0.6) is 0 Å². The first-order valence-electron chi connectivity index (χ1n) is 8.75. The number of Topliss-reactive ketones (excluding diaryl/α,β-unsaturated/α-hetero) is 1. The van der Waals surface area contributed by atoms with Gasteiger partial charge in [0.2, 0.25) is 0 Å². The zero-order chi connectivity index (χ0) is 19.0. The second kappa shape index (κ2) is 6.62. The Labute approximate surface area is 152 Å².